The molecule has 2 heterocycles. The Morgan fingerprint density at radius 1 is 1.24 bits per heavy atom. The van der Waals surface area contributed by atoms with E-state index in [0.29, 0.717) is 30.7 Å². The molecule has 0 spiro atoms. The first-order valence-electron chi connectivity index (χ1n) is 9.96. The first kappa shape index (κ1) is 21.7. The van der Waals surface area contributed by atoms with Crippen LogP contribution in [0.15, 0.2) is 29.3 Å². The zero-order valence-electron chi connectivity index (χ0n) is 17.2. The average Bonchev–Trinajstić information content (AvgIpc) is 3.37. The molecule has 2 aromatic rings. The molecule has 156 valence electrons. The van der Waals surface area contributed by atoms with Crippen molar-refractivity contribution in [1.29, 1.82) is 0 Å². The minimum absolute atomic E-state index is 0.261. The third-order valence-electron chi connectivity index (χ3n) is 4.57. The number of imidazole rings is 1. The van der Waals surface area contributed by atoms with E-state index in [4.69, 9.17) is 23.8 Å². The largest absolute Gasteiger partial charge is 0.515 e. The first-order valence-corrected chi connectivity index (χ1v) is 11.2. The van der Waals surface area contributed by atoms with E-state index in [-0.39, 0.29) is 13.7 Å². The van der Waals surface area contributed by atoms with Crippen LogP contribution in [0, 0.1) is 0 Å². The van der Waals surface area contributed by atoms with E-state index in [1.165, 1.54) is 11.8 Å². The highest BCUT2D eigenvalue weighted by Crippen LogP contribution is 2.30. The van der Waals surface area contributed by atoms with Crippen molar-refractivity contribution in [1.82, 2.24) is 9.55 Å². The van der Waals surface area contributed by atoms with E-state index in [1.54, 1.807) is 6.92 Å². The van der Waals surface area contributed by atoms with Crippen LogP contribution in [0.2, 0.25) is 0 Å². The molecule has 0 unspecified atom stereocenters. The number of hydrogen-bond donors (Lipinski definition) is 0. The highest BCUT2D eigenvalue weighted by molar-refractivity contribution is 7.98. The summed E-state index contributed by atoms with van der Waals surface area (Å²) in [6.07, 6.45) is 4.10. The van der Waals surface area contributed by atoms with Crippen LogP contribution in [0.1, 0.15) is 38.1 Å². The quantitative estimate of drug-likeness (QED) is 0.352. The third-order valence-corrected chi connectivity index (χ3v) is 5.23. The number of aromatic nitrogens is 2. The molecule has 0 bridgehead atoms. The Balaban J connectivity index is 1.86. The van der Waals surface area contributed by atoms with Gasteiger partial charge in [0.25, 0.3) is 0 Å². The van der Waals surface area contributed by atoms with Crippen molar-refractivity contribution >= 4 is 30.5 Å². The fourth-order valence-electron chi connectivity index (χ4n) is 3.12. The van der Waals surface area contributed by atoms with Gasteiger partial charge < -0.3 is 18.8 Å². The summed E-state index contributed by atoms with van der Waals surface area (Å²) in [5, 5.41) is 0.688. The van der Waals surface area contributed by atoms with Crippen molar-refractivity contribution in [3.63, 3.8) is 0 Å². The first-order chi connectivity index (χ1) is 14.2. The highest BCUT2D eigenvalue weighted by atomic mass is 32.2. The number of rotatable bonds is 9. The molecule has 1 aromatic carbocycles. The molecule has 0 amide bonds. The van der Waals surface area contributed by atoms with Gasteiger partial charge in [0.1, 0.15) is 5.82 Å². The van der Waals surface area contributed by atoms with Gasteiger partial charge in [-0.3, -0.25) is 4.57 Å². The van der Waals surface area contributed by atoms with Gasteiger partial charge in [0.05, 0.1) is 26.4 Å². The Bertz CT molecular complexity index is 806. The van der Waals surface area contributed by atoms with Gasteiger partial charge in [-0.1, -0.05) is 37.6 Å². The number of nitrogens with zero attached hydrogens (tertiary/aromatic N) is 2. The van der Waals surface area contributed by atoms with E-state index in [2.05, 4.69) is 6.92 Å². The molecule has 0 N–H and O–H groups in total. The number of carbonyl (C=O) groups excluding carboxylic acids is 1. The van der Waals surface area contributed by atoms with Gasteiger partial charge in [0.15, 0.2) is 5.03 Å². The summed E-state index contributed by atoms with van der Waals surface area (Å²) in [5.74, 6) is 1.34. The van der Waals surface area contributed by atoms with Crippen LogP contribution >= 0.6 is 11.8 Å². The zero-order valence-corrected chi connectivity index (χ0v) is 18.0. The fourth-order valence-corrected chi connectivity index (χ4v) is 3.64. The summed E-state index contributed by atoms with van der Waals surface area (Å²) in [4.78, 5) is 16.7. The Morgan fingerprint density at radius 3 is 2.59 bits per heavy atom. The van der Waals surface area contributed by atoms with Gasteiger partial charge in [0, 0.05) is 6.42 Å². The van der Waals surface area contributed by atoms with E-state index >= 15 is 0 Å². The molecule has 7 nitrogen and oxygen atoms in total. The number of aryl methyl sites for hydroxylation is 1. The second kappa shape index (κ2) is 10.7. The molecule has 29 heavy (non-hydrogen) atoms. The maximum atomic E-state index is 12.0. The van der Waals surface area contributed by atoms with Gasteiger partial charge >= 0.3 is 13.3 Å². The van der Waals surface area contributed by atoms with E-state index in [1.807, 2.05) is 35.1 Å². The van der Waals surface area contributed by atoms with E-state index in [9.17, 15) is 4.79 Å². The Hall–Kier alpha value is -1.97. The highest BCUT2D eigenvalue weighted by Gasteiger charge is 2.26. The second-order valence-electron chi connectivity index (χ2n) is 6.63. The number of unbranched alkanes of at least 4 members (excludes halogenated alkanes) is 1. The summed E-state index contributed by atoms with van der Waals surface area (Å²) >= 11 is 1.46. The molecule has 0 atom stereocenters. The summed E-state index contributed by atoms with van der Waals surface area (Å²) < 4.78 is 23.6. The number of carbonyl (C=O) groups is 1. The van der Waals surface area contributed by atoms with Crippen LogP contribution in [0.4, 0.5) is 4.79 Å². The van der Waals surface area contributed by atoms with Crippen molar-refractivity contribution < 1.29 is 23.6 Å². The summed E-state index contributed by atoms with van der Waals surface area (Å²) in [6.45, 7) is 5.94. The second-order valence-corrected chi connectivity index (χ2v) is 7.43. The monoisotopic (exact) mass is 418 g/mol. The number of hydrogen-bond acceptors (Lipinski definition) is 7. The number of ether oxygens (including phenoxy) is 2. The van der Waals surface area contributed by atoms with Crippen molar-refractivity contribution in [3.05, 3.63) is 35.7 Å². The minimum Gasteiger partial charge on any atom is -0.434 e. The zero-order chi connectivity index (χ0) is 20.6. The molecule has 1 aliphatic rings. The normalized spacial score (nSPS) is 13.7. The Morgan fingerprint density at radius 2 is 1.97 bits per heavy atom. The standard InChI is InChI=1S/C20H27BN2O5S/c1-4-6-7-17-22-18(29-3)19(28-20(24)25-5-2)23(17)14-15-8-10-16(11-9-15)21-26-12-13-27-21/h8-11H,4-7,12-14H2,1-3H3. The lowest BCUT2D eigenvalue weighted by molar-refractivity contribution is 0.0998. The van der Waals surface area contributed by atoms with Crippen LogP contribution < -0.4 is 10.2 Å². The predicted octanol–water partition coefficient (Wildman–Crippen LogP) is 3.27. The maximum Gasteiger partial charge on any atom is 0.515 e. The molecule has 1 aliphatic heterocycles. The molecule has 1 fully saturated rings. The van der Waals surface area contributed by atoms with Gasteiger partial charge in [-0.25, -0.2) is 9.78 Å². The van der Waals surface area contributed by atoms with Gasteiger partial charge in [0.2, 0.25) is 5.88 Å². The molecule has 0 radical (unpaired) electrons. The summed E-state index contributed by atoms with van der Waals surface area (Å²) in [7, 11) is -0.289. The number of benzene rings is 1. The van der Waals surface area contributed by atoms with Crippen LogP contribution in [0.3, 0.4) is 0 Å². The lowest BCUT2D eigenvalue weighted by Crippen LogP contribution is -2.31. The molecule has 1 aromatic heterocycles. The Labute approximate surface area is 176 Å². The van der Waals surface area contributed by atoms with E-state index < -0.39 is 6.16 Å². The average molecular weight is 418 g/mol. The van der Waals surface area contributed by atoms with Crippen molar-refractivity contribution in [2.45, 2.75) is 44.7 Å². The van der Waals surface area contributed by atoms with Crippen molar-refractivity contribution in [2.75, 3.05) is 26.1 Å². The van der Waals surface area contributed by atoms with Crippen molar-refractivity contribution in [2.24, 2.45) is 0 Å². The lowest BCUT2D eigenvalue weighted by atomic mass is 9.79. The molecular formula is C20H27BN2O5S. The van der Waals surface area contributed by atoms with Crippen LogP contribution in [-0.2, 0) is 27.0 Å². The van der Waals surface area contributed by atoms with Gasteiger partial charge in [-0.15, -0.1) is 11.8 Å². The topological polar surface area (TPSA) is 71.8 Å². The third kappa shape index (κ3) is 5.55. The predicted molar refractivity (Wildman–Crippen MR) is 113 cm³/mol. The summed E-state index contributed by atoms with van der Waals surface area (Å²) in [5.41, 5.74) is 2.07. The van der Waals surface area contributed by atoms with Crippen molar-refractivity contribution in [3.8, 4) is 5.88 Å². The molecule has 3 rings (SSSR count). The van der Waals surface area contributed by atoms with Crippen LogP contribution in [-0.4, -0.2) is 48.9 Å². The molecular weight excluding hydrogens is 391 g/mol. The Kier molecular flexibility index (Phi) is 8.03. The lowest BCUT2D eigenvalue weighted by Gasteiger charge is -2.13. The fraction of sp³-hybridized carbons (Fsp3) is 0.500. The SMILES string of the molecule is CCCCc1nc(SC)c(OC(=O)OCC)n1Cc1ccc(B2OCCO2)cc1. The molecule has 0 saturated carbocycles. The van der Waals surface area contributed by atoms with Gasteiger partial charge in [-0.05, 0) is 30.6 Å². The van der Waals surface area contributed by atoms with Crippen LogP contribution in [0.25, 0.3) is 0 Å². The maximum absolute atomic E-state index is 12.0. The molecule has 0 aliphatic carbocycles. The number of thioether (sulfide) groups is 1. The smallest absolute Gasteiger partial charge is 0.434 e. The molecule has 9 heteroatoms. The van der Waals surface area contributed by atoms with Crippen LogP contribution in [0.5, 0.6) is 5.88 Å². The molecule has 1 saturated heterocycles. The minimum atomic E-state index is -0.711. The summed E-state index contributed by atoms with van der Waals surface area (Å²) in [6, 6.07) is 8.10. The van der Waals surface area contributed by atoms with Gasteiger partial charge in [-0.2, -0.15) is 0 Å². The van der Waals surface area contributed by atoms with E-state index in [0.717, 1.165) is 36.1 Å².